The number of Topliss-reactive ketones (excluding diaryl/α,β-unsaturated/α-hetero) is 1. The van der Waals surface area contributed by atoms with Gasteiger partial charge in [-0.15, -0.1) is 0 Å². The largest absolute Gasteiger partial charge is 0.456 e. The van der Waals surface area contributed by atoms with Crippen molar-refractivity contribution in [1.29, 1.82) is 0 Å². The first-order valence-electron chi connectivity index (χ1n) is 5.25. The van der Waals surface area contributed by atoms with Crippen molar-refractivity contribution in [3.63, 3.8) is 0 Å². The molecule has 0 aromatic carbocycles. The van der Waals surface area contributed by atoms with E-state index in [1.165, 1.54) is 12.8 Å². The van der Waals surface area contributed by atoms with Crippen molar-refractivity contribution in [2.45, 2.75) is 31.6 Å². The number of hydrogen-bond acceptors (Lipinski definition) is 3. The zero-order valence-electron chi connectivity index (χ0n) is 8.46. The van der Waals surface area contributed by atoms with Gasteiger partial charge in [0.15, 0.2) is 5.76 Å². The Hall–Kier alpha value is -0.800. The van der Waals surface area contributed by atoms with Crippen LogP contribution in [-0.4, -0.2) is 12.3 Å². The van der Waals surface area contributed by atoms with E-state index < -0.39 is 0 Å². The van der Waals surface area contributed by atoms with Crippen LogP contribution in [0.15, 0.2) is 10.5 Å². The number of carbonyl (C=O) groups is 1. The van der Waals surface area contributed by atoms with E-state index in [9.17, 15) is 4.79 Å². The highest BCUT2D eigenvalue weighted by molar-refractivity contribution is 6.31. The van der Waals surface area contributed by atoms with Crippen molar-refractivity contribution in [3.05, 3.63) is 22.6 Å². The van der Waals surface area contributed by atoms with Crippen LogP contribution in [0.2, 0.25) is 5.02 Å². The van der Waals surface area contributed by atoms with Gasteiger partial charge in [0.2, 0.25) is 5.78 Å². The summed E-state index contributed by atoms with van der Waals surface area (Å²) in [5, 5.41) is 0.568. The number of carbonyl (C=O) groups excluding carboxylic acids is 1. The third kappa shape index (κ3) is 2.08. The van der Waals surface area contributed by atoms with E-state index in [2.05, 4.69) is 0 Å². The number of rotatable bonds is 3. The molecule has 0 saturated heterocycles. The first kappa shape index (κ1) is 10.7. The molecule has 1 aliphatic carbocycles. The van der Waals surface area contributed by atoms with Gasteiger partial charge in [-0.05, 0) is 12.8 Å². The Kier molecular flexibility index (Phi) is 3.12. The number of furan rings is 1. The fourth-order valence-corrected chi connectivity index (χ4v) is 2.38. The maximum atomic E-state index is 11.3. The SMILES string of the molecule is NCC(=O)c1cc(Cl)c(C2CCCC2)o1. The van der Waals surface area contributed by atoms with E-state index in [-0.39, 0.29) is 12.3 Å². The summed E-state index contributed by atoms with van der Waals surface area (Å²) < 4.78 is 5.49. The molecular formula is C11H14ClNO2. The van der Waals surface area contributed by atoms with Crippen LogP contribution >= 0.6 is 11.6 Å². The zero-order chi connectivity index (χ0) is 10.8. The fourth-order valence-electron chi connectivity index (χ4n) is 2.09. The van der Waals surface area contributed by atoms with E-state index in [0.29, 0.717) is 16.7 Å². The third-order valence-corrected chi connectivity index (χ3v) is 3.19. The molecule has 0 atom stereocenters. The predicted molar refractivity (Wildman–Crippen MR) is 58.3 cm³/mol. The van der Waals surface area contributed by atoms with Crippen molar-refractivity contribution in [2.24, 2.45) is 5.73 Å². The van der Waals surface area contributed by atoms with Gasteiger partial charge in [0.1, 0.15) is 5.76 Å². The quantitative estimate of drug-likeness (QED) is 0.808. The van der Waals surface area contributed by atoms with E-state index in [4.69, 9.17) is 21.8 Å². The van der Waals surface area contributed by atoms with Crippen molar-refractivity contribution in [2.75, 3.05) is 6.54 Å². The molecule has 15 heavy (non-hydrogen) atoms. The predicted octanol–water partition coefficient (Wildman–Crippen LogP) is 2.73. The first-order chi connectivity index (χ1) is 7.22. The standard InChI is InChI=1S/C11H14ClNO2/c12-8-5-10(9(14)6-13)15-11(8)7-3-1-2-4-7/h5,7H,1-4,6,13H2. The van der Waals surface area contributed by atoms with Crippen LogP contribution in [0.1, 0.15) is 47.9 Å². The lowest BCUT2D eigenvalue weighted by Gasteiger charge is -2.04. The molecule has 1 heterocycles. The van der Waals surface area contributed by atoms with Crippen molar-refractivity contribution in [1.82, 2.24) is 0 Å². The van der Waals surface area contributed by atoms with Crippen LogP contribution in [0.25, 0.3) is 0 Å². The molecule has 0 unspecified atom stereocenters. The minimum atomic E-state index is -0.193. The molecule has 0 spiro atoms. The topological polar surface area (TPSA) is 56.2 Å². The van der Waals surface area contributed by atoms with Crippen molar-refractivity contribution >= 4 is 17.4 Å². The van der Waals surface area contributed by atoms with Gasteiger partial charge < -0.3 is 10.2 Å². The Morgan fingerprint density at radius 1 is 1.53 bits per heavy atom. The van der Waals surface area contributed by atoms with Gasteiger partial charge in [0, 0.05) is 12.0 Å². The molecule has 82 valence electrons. The summed E-state index contributed by atoms with van der Waals surface area (Å²) in [6.45, 7) is -0.0338. The van der Waals surface area contributed by atoms with Gasteiger partial charge in [-0.3, -0.25) is 4.79 Å². The van der Waals surface area contributed by atoms with Gasteiger partial charge >= 0.3 is 0 Å². The van der Waals surface area contributed by atoms with Gasteiger partial charge in [-0.25, -0.2) is 0 Å². The molecule has 0 aliphatic heterocycles. The number of ketones is 1. The number of halogens is 1. The molecule has 1 aromatic rings. The highest BCUT2D eigenvalue weighted by Gasteiger charge is 2.24. The second-order valence-corrected chi connectivity index (χ2v) is 4.34. The monoisotopic (exact) mass is 227 g/mol. The summed E-state index contributed by atoms with van der Waals surface area (Å²) in [5.41, 5.74) is 5.26. The lowest BCUT2D eigenvalue weighted by atomic mass is 10.1. The first-order valence-corrected chi connectivity index (χ1v) is 5.62. The van der Waals surface area contributed by atoms with Crippen LogP contribution in [0, 0.1) is 0 Å². The summed E-state index contributed by atoms with van der Waals surface area (Å²) in [6.07, 6.45) is 4.62. The smallest absolute Gasteiger partial charge is 0.211 e. The van der Waals surface area contributed by atoms with Crippen LogP contribution in [0.4, 0.5) is 0 Å². The van der Waals surface area contributed by atoms with Crippen LogP contribution in [0.5, 0.6) is 0 Å². The van der Waals surface area contributed by atoms with Gasteiger partial charge in [-0.1, -0.05) is 24.4 Å². The molecule has 1 fully saturated rings. The molecule has 0 radical (unpaired) electrons. The summed E-state index contributed by atoms with van der Waals surface area (Å²) in [5.74, 6) is 1.26. The summed E-state index contributed by atoms with van der Waals surface area (Å²) in [6, 6.07) is 1.59. The lowest BCUT2D eigenvalue weighted by Crippen LogP contribution is -2.12. The van der Waals surface area contributed by atoms with E-state index >= 15 is 0 Å². The van der Waals surface area contributed by atoms with Crippen LogP contribution in [0.3, 0.4) is 0 Å². The highest BCUT2D eigenvalue weighted by atomic mass is 35.5. The lowest BCUT2D eigenvalue weighted by molar-refractivity contribution is 0.0972. The van der Waals surface area contributed by atoms with Crippen LogP contribution < -0.4 is 5.73 Å². The molecule has 1 aliphatic rings. The Labute approximate surface area is 93.6 Å². The molecule has 2 N–H and O–H groups in total. The third-order valence-electron chi connectivity index (χ3n) is 2.90. The zero-order valence-corrected chi connectivity index (χ0v) is 9.22. The Balaban J connectivity index is 2.24. The average molecular weight is 228 g/mol. The molecule has 0 bridgehead atoms. The van der Waals surface area contributed by atoms with E-state index in [0.717, 1.165) is 18.6 Å². The van der Waals surface area contributed by atoms with Crippen LogP contribution in [-0.2, 0) is 0 Å². The second kappa shape index (κ2) is 4.37. The summed E-state index contributed by atoms with van der Waals surface area (Å²) in [4.78, 5) is 11.3. The maximum Gasteiger partial charge on any atom is 0.211 e. The van der Waals surface area contributed by atoms with Gasteiger partial charge in [0.05, 0.1) is 11.6 Å². The molecule has 1 saturated carbocycles. The molecular weight excluding hydrogens is 214 g/mol. The summed E-state index contributed by atoms with van der Waals surface area (Å²) in [7, 11) is 0. The minimum Gasteiger partial charge on any atom is -0.456 e. The molecule has 4 heteroatoms. The molecule has 0 amide bonds. The fraction of sp³-hybridized carbons (Fsp3) is 0.545. The van der Waals surface area contributed by atoms with E-state index in [1.54, 1.807) is 6.07 Å². The van der Waals surface area contributed by atoms with Gasteiger partial charge in [-0.2, -0.15) is 0 Å². The summed E-state index contributed by atoms with van der Waals surface area (Å²) >= 11 is 6.04. The Bertz CT molecular complexity index is 367. The van der Waals surface area contributed by atoms with E-state index in [1.807, 2.05) is 0 Å². The maximum absolute atomic E-state index is 11.3. The number of nitrogens with two attached hydrogens (primary N) is 1. The highest BCUT2D eigenvalue weighted by Crippen LogP contribution is 2.39. The minimum absolute atomic E-state index is 0.0338. The molecule has 3 nitrogen and oxygen atoms in total. The normalized spacial score (nSPS) is 17.2. The average Bonchev–Trinajstić information content (AvgIpc) is 2.84. The van der Waals surface area contributed by atoms with Crippen molar-refractivity contribution < 1.29 is 9.21 Å². The second-order valence-electron chi connectivity index (χ2n) is 3.93. The van der Waals surface area contributed by atoms with Crippen molar-refractivity contribution in [3.8, 4) is 0 Å². The molecule has 2 rings (SSSR count). The Morgan fingerprint density at radius 2 is 2.20 bits per heavy atom. The Morgan fingerprint density at radius 3 is 2.80 bits per heavy atom. The van der Waals surface area contributed by atoms with Gasteiger partial charge in [0.25, 0.3) is 0 Å². The number of hydrogen-bond donors (Lipinski definition) is 1. The molecule has 1 aromatic heterocycles.